The molecule has 0 aromatic carbocycles. The highest BCUT2D eigenvalue weighted by molar-refractivity contribution is 5.41. The minimum atomic E-state index is -0.387. The molecule has 12 heavy (non-hydrogen) atoms. The lowest BCUT2D eigenvalue weighted by Gasteiger charge is -1.90. The van der Waals surface area contributed by atoms with Gasteiger partial charge in [0.2, 0.25) is 0 Å². The Bertz CT molecular complexity index is 516. The molecule has 0 aliphatic rings. The van der Waals surface area contributed by atoms with Crippen LogP contribution in [0.3, 0.4) is 0 Å². The minimum Gasteiger partial charge on any atom is -0.246 e. The van der Waals surface area contributed by atoms with Crippen molar-refractivity contribution in [2.75, 3.05) is 0 Å². The van der Waals surface area contributed by atoms with Crippen LogP contribution in [0.1, 0.15) is 5.69 Å². The Hall–Kier alpha value is -2.09. The summed E-state index contributed by atoms with van der Waals surface area (Å²) in [5.41, 5.74) is 0.354. The second-order valence-corrected chi connectivity index (χ2v) is 2.25. The van der Waals surface area contributed by atoms with Crippen molar-refractivity contribution in [2.45, 2.75) is 0 Å². The summed E-state index contributed by atoms with van der Waals surface area (Å²) >= 11 is 0. The molecule has 0 amide bonds. The highest BCUT2D eigenvalue weighted by atomic mass is 16.1. The second-order valence-electron chi connectivity index (χ2n) is 2.25. The van der Waals surface area contributed by atoms with Gasteiger partial charge in [-0.1, -0.05) is 6.07 Å². The maximum atomic E-state index is 11.1. The molecule has 5 heteroatoms. The SMILES string of the molecule is N#Cc1cccc2n[nH]c(=O)n12. The molecule has 2 aromatic heterocycles. The monoisotopic (exact) mass is 160 g/mol. The van der Waals surface area contributed by atoms with Crippen LogP contribution in [0.4, 0.5) is 0 Å². The molecule has 0 saturated carbocycles. The zero-order chi connectivity index (χ0) is 8.55. The zero-order valence-corrected chi connectivity index (χ0v) is 5.98. The Morgan fingerprint density at radius 1 is 1.58 bits per heavy atom. The van der Waals surface area contributed by atoms with E-state index in [0.29, 0.717) is 5.65 Å². The van der Waals surface area contributed by atoms with Gasteiger partial charge < -0.3 is 0 Å². The summed E-state index contributed by atoms with van der Waals surface area (Å²) in [5, 5.41) is 14.6. The van der Waals surface area contributed by atoms with Crippen molar-refractivity contribution in [1.82, 2.24) is 14.6 Å². The lowest BCUT2D eigenvalue weighted by Crippen LogP contribution is -2.11. The molecule has 0 radical (unpaired) electrons. The summed E-state index contributed by atoms with van der Waals surface area (Å²) in [4.78, 5) is 11.1. The first-order chi connectivity index (χ1) is 5.83. The van der Waals surface area contributed by atoms with Gasteiger partial charge in [0.1, 0.15) is 11.8 Å². The molecule has 0 unspecified atom stereocenters. The average molecular weight is 160 g/mol. The van der Waals surface area contributed by atoms with Crippen molar-refractivity contribution in [3.8, 4) is 6.07 Å². The van der Waals surface area contributed by atoms with E-state index in [1.807, 2.05) is 6.07 Å². The van der Waals surface area contributed by atoms with Gasteiger partial charge in [-0.2, -0.15) is 10.4 Å². The van der Waals surface area contributed by atoms with Crippen molar-refractivity contribution in [2.24, 2.45) is 0 Å². The third kappa shape index (κ3) is 0.720. The van der Waals surface area contributed by atoms with Crippen LogP contribution in [0.5, 0.6) is 0 Å². The number of nitrogens with zero attached hydrogens (tertiary/aromatic N) is 3. The Kier molecular flexibility index (Phi) is 1.21. The molecule has 2 heterocycles. The lowest BCUT2D eigenvalue weighted by molar-refractivity contribution is 1.01. The lowest BCUT2D eigenvalue weighted by atomic mass is 10.4. The molecule has 0 aliphatic carbocycles. The fourth-order valence-corrected chi connectivity index (χ4v) is 1.04. The Balaban J connectivity index is 3.06. The Labute approximate surface area is 66.9 Å². The fraction of sp³-hybridized carbons (Fsp3) is 0. The number of hydrogen-bond donors (Lipinski definition) is 1. The molecule has 58 valence electrons. The minimum absolute atomic E-state index is 0.284. The van der Waals surface area contributed by atoms with Crippen LogP contribution in [0.25, 0.3) is 5.65 Å². The molecule has 0 aliphatic heterocycles. The molecular weight excluding hydrogens is 156 g/mol. The van der Waals surface area contributed by atoms with E-state index < -0.39 is 0 Å². The van der Waals surface area contributed by atoms with Crippen molar-refractivity contribution < 1.29 is 0 Å². The third-order valence-electron chi connectivity index (χ3n) is 1.55. The van der Waals surface area contributed by atoms with E-state index in [-0.39, 0.29) is 11.4 Å². The average Bonchev–Trinajstić information content (AvgIpc) is 2.48. The van der Waals surface area contributed by atoms with E-state index in [1.54, 1.807) is 18.2 Å². The van der Waals surface area contributed by atoms with Gasteiger partial charge in [0, 0.05) is 0 Å². The van der Waals surface area contributed by atoms with Crippen molar-refractivity contribution >= 4 is 5.65 Å². The number of nitriles is 1. The van der Waals surface area contributed by atoms with Gasteiger partial charge in [0.05, 0.1) is 0 Å². The number of rotatable bonds is 0. The summed E-state index contributed by atoms with van der Waals surface area (Å²) in [6, 6.07) is 6.79. The number of hydrogen-bond acceptors (Lipinski definition) is 3. The first-order valence-corrected chi connectivity index (χ1v) is 3.29. The predicted octanol–water partition coefficient (Wildman–Crippen LogP) is -0.106. The standard InChI is InChI=1S/C7H4N4O/c8-4-5-2-1-3-6-9-10-7(12)11(5)6/h1-3H,(H,10,12). The third-order valence-corrected chi connectivity index (χ3v) is 1.55. The predicted molar refractivity (Wildman–Crippen MR) is 40.5 cm³/mol. The van der Waals surface area contributed by atoms with Gasteiger partial charge >= 0.3 is 5.69 Å². The van der Waals surface area contributed by atoms with Crippen LogP contribution in [0, 0.1) is 11.3 Å². The van der Waals surface area contributed by atoms with Crippen LogP contribution in [0.15, 0.2) is 23.0 Å². The number of aromatic nitrogens is 3. The maximum absolute atomic E-state index is 11.1. The van der Waals surface area contributed by atoms with E-state index >= 15 is 0 Å². The summed E-state index contributed by atoms with van der Waals surface area (Å²) in [6.45, 7) is 0. The van der Waals surface area contributed by atoms with Crippen molar-refractivity contribution in [1.29, 1.82) is 5.26 Å². The second kappa shape index (κ2) is 2.20. The first-order valence-electron chi connectivity index (χ1n) is 3.29. The number of nitrogens with one attached hydrogen (secondary N) is 1. The first kappa shape index (κ1) is 6.61. The summed E-state index contributed by atoms with van der Waals surface area (Å²) in [6.07, 6.45) is 0. The van der Waals surface area contributed by atoms with E-state index in [2.05, 4.69) is 10.2 Å². The van der Waals surface area contributed by atoms with Gasteiger partial charge in [-0.25, -0.2) is 14.3 Å². The zero-order valence-electron chi connectivity index (χ0n) is 5.98. The molecule has 0 fully saturated rings. The Morgan fingerprint density at radius 3 is 3.17 bits per heavy atom. The molecule has 2 rings (SSSR count). The van der Waals surface area contributed by atoms with Gasteiger partial charge in [0.15, 0.2) is 5.65 Å². The van der Waals surface area contributed by atoms with Crippen LogP contribution in [-0.4, -0.2) is 14.6 Å². The van der Waals surface area contributed by atoms with E-state index in [0.717, 1.165) is 0 Å². The number of aromatic amines is 1. The molecule has 0 spiro atoms. The van der Waals surface area contributed by atoms with Crippen molar-refractivity contribution in [3.05, 3.63) is 34.4 Å². The molecule has 1 N–H and O–H groups in total. The van der Waals surface area contributed by atoms with E-state index in [1.165, 1.54) is 4.40 Å². The number of pyridine rings is 1. The molecule has 0 saturated heterocycles. The van der Waals surface area contributed by atoms with Gasteiger partial charge in [-0.3, -0.25) is 0 Å². The molecule has 5 nitrogen and oxygen atoms in total. The largest absolute Gasteiger partial charge is 0.348 e. The van der Waals surface area contributed by atoms with E-state index in [9.17, 15) is 4.79 Å². The maximum Gasteiger partial charge on any atom is 0.348 e. The molecular formula is C7H4N4O. The van der Waals surface area contributed by atoms with Gasteiger partial charge in [-0.15, -0.1) is 0 Å². The van der Waals surface area contributed by atoms with Crippen LogP contribution in [-0.2, 0) is 0 Å². The van der Waals surface area contributed by atoms with Crippen LogP contribution >= 0.6 is 0 Å². The van der Waals surface area contributed by atoms with Gasteiger partial charge in [-0.05, 0) is 12.1 Å². The number of H-pyrrole nitrogens is 1. The van der Waals surface area contributed by atoms with Gasteiger partial charge in [0.25, 0.3) is 0 Å². The molecule has 0 atom stereocenters. The summed E-state index contributed by atoms with van der Waals surface area (Å²) < 4.78 is 1.22. The highest BCUT2D eigenvalue weighted by Crippen LogP contribution is 1.98. The van der Waals surface area contributed by atoms with Crippen LogP contribution in [0.2, 0.25) is 0 Å². The molecule has 0 bridgehead atoms. The summed E-state index contributed by atoms with van der Waals surface area (Å²) in [7, 11) is 0. The molecule has 2 aromatic rings. The fourth-order valence-electron chi connectivity index (χ4n) is 1.04. The topological polar surface area (TPSA) is 73.9 Å². The Morgan fingerprint density at radius 2 is 2.42 bits per heavy atom. The number of fused-ring (bicyclic) bond motifs is 1. The smallest absolute Gasteiger partial charge is 0.246 e. The highest BCUT2D eigenvalue weighted by Gasteiger charge is 2.02. The van der Waals surface area contributed by atoms with Crippen LogP contribution < -0.4 is 5.69 Å². The summed E-state index contributed by atoms with van der Waals surface area (Å²) in [5.74, 6) is 0. The normalized spacial score (nSPS) is 9.92. The van der Waals surface area contributed by atoms with Crippen molar-refractivity contribution in [3.63, 3.8) is 0 Å². The quantitative estimate of drug-likeness (QED) is 0.584. The van der Waals surface area contributed by atoms with E-state index in [4.69, 9.17) is 5.26 Å².